The fraction of sp³-hybridized carbons (Fsp3) is 0.118. The Morgan fingerprint density at radius 3 is 1.97 bits per heavy atom. The molecule has 1 N–H and O–H groups in total. The molecule has 0 aliphatic carbocycles. The zero-order valence-corrected chi connectivity index (χ0v) is 20.6. The second-order valence-corrected chi connectivity index (χ2v) is 9.30. The van der Waals surface area contributed by atoms with Gasteiger partial charge >= 0.3 is 0 Å². The van der Waals surface area contributed by atoms with Crippen molar-refractivity contribution in [1.82, 2.24) is 5.32 Å². The lowest BCUT2D eigenvalue weighted by Crippen LogP contribution is -2.16. The highest BCUT2D eigenvalue weighted by Crippen LogP contribution is 2.42. The largest absolute Gasteiger partial charge is 0.489 e. The number of rotatable bonds is 8. The van der Waals surface area contributed by atoms with Crippen molar-refractivity contribution in [3.8, 4) is 22.6 Å². The fourth-order valence-corrected chi connectivity index (χ4v) is 4.98. The molecule has 0 saturated carbocycles. The van der Waals surface area contributed by atoms with Crippen LogP contribution in [0.4, 0.5) is 0 Å². The molecule has 5 aromatic carbocycles. The monoisotopic (exact) mass is 483 g/mol. The van der Waals surface area contributed by atoms with Crippen LogP contribution in [-0.2, 0) is 19.8 Å². The van der Waals surface area contributed by atoms with E-state index < -0.39 is 0 Å². The molecule has 6 rings (SSSR count). The predicted octanol–water partition coefficient (Wildman–Crippen LogP) is 7.70. The van der Waals surface area contributed by atoms with Crippen LogP contribution in [0.1, 0.15) is 33.9 Å². The smallest absolute Gasteiger partial charge is 0.125 e. The van der Waals surface area contributed by atoms with Crippen molar-refractivity contribution >= 4 is 0 Å². The van der Waals surface area contributed by atoms with Crippen LogP contribution >= 0.6 is 0 Å². The Bertz CT molecular complexity index is 1460. The first-order valence-electron chi connectivity index (χ1n) is 12.7. The van der Waals surface area contributed by atoms with E-state index in [0.29, 0.717) is 13.2 Å². The van der Waals surface area contributed by atoms with Gasteiger partial charge in [-0.25, -0.2) is 0 Å². The van der Waals surface area contributed by atoms with Crippen molar-refractivity contribution < 1.29 is 9.47 Å². The minimum Gasteiger partial charge on any atom is -0.489 e. The standard InChI is InChI=1S/C34H29NO2/c1-3-10-25(11-4-1)23-36-29-20-18-27(19-21-29)30-16-9-17-32(37-24-26-12-5-2-6-13-26)33(30)34-31-15-8-7-14-28(31)22-35-34/h1-21,34-35H,22-24H2. The molecular formula is C34H29NO2. The molecule has 0 fully saturated rings. The Balaban J connectivity index is 1.32. The third-order valence-electron chi connectivity index (χ3n) is 6.87. The first-order valence-corrected chi connectivity index (χ1v) is 12.7. The average molecular weight is 484 g/mol. The quantitative estimate of drug-likeness (QED) is 0.245. The summed E-state index contributed by atoms with van der Waals surface area (Å²) >= 11 is 0. The summed E-state index contributed by atoms with van der Waals surface area (Å²) in [4.78, 5) is 0. The van der Waals surface area contributed by atoms with Crippen LogP contribution in [0.5, 0.6) is 11.5 Å². The van der Waals surface area contributed by atoms with E-state index >= 15 is 0 Å². The highest BCUT2D eigenvalue weighted by molar-refractivity contribution is 5.73. The summed E-state index contributed by atoms with van der Waals surface area (Å²) in [6.45, 7) is 1.93. The molecule has 1 atom stereocenters. The van der Waals surface area contributed by atoms with Gasteiger partial charge in [-0.05, 0) is 51.6 Å². The van der Waals surface area contributed by atoms with E-state index in [2.05, 4.69) is 96.3 Å². The zero-order valence-electron chi connectivity index (χ0n) is 20.6. The molecule has 1 aliphatic heterocycles. The molecular weight excluding hydrogens is 454 g/mol. The highest BCUT2D eigenvalue weighted by atomic mass is 16.5. The van der Waals surface area contributed by atoms with E-state index in [-0.39, 0.29) is 6.04 Å². The first kappa shape index (κ1) is 23.1. The molecule has 1 heterocycles. The Labute approximate surface area is 218 Å². The van der Waals surface area contributed by atoms with Crippen molar-refractivity contribution in [1.29, 1.82) is 0 Å². The Hall–Kier alpha value is -4.34. The van der Waals surface area contributed by atoms with Crippen LogP contribution in [0, 0.1) is 0 Å². The number of fused-ring (bicyclic) bond motifs is 1. The minimum absolute atomic E-state index is 0.0622. The summed E-state index contributed by atoms with van der Waals surface area (Å²) in [7, 11) is 0. The second kappa shape index (κ2) is 10.7. The topological polar surface area (TPSA) is 30.5 Å². The number of hydrogen-bond donors (Lipinski definition) is 1. The molecule has 0 bridgehead atoms. The molecule has 0 saturated heterocycles. The van der Waals surface area contributed by atoms with Crippen molar-refractivity contribution in [3.63, 3.8) is 0 Å². The van der Waals surface area contributed by atoms with Crippen LogP contribution in [0.25, 0.3) is 11.1 Å². The van der Waals surface area contributed by atoms with Crippen LogP contribution in [0.2, 0.25) is 0 Å². The molecule has 5 aromatic rings. The van der Waals surface area contributed by atoms with E-state index in [4.69, 9.17) is 9.47 Å². The van der Waals surface area contributed by atoms with Gasteiger partial charge in [0.25, 0.3) is 0 Å². The van der Waals surface area contributed by atoms with E-state index in [1.807, 2.05) is 36.4 Å². The van der Waals surface area contributed by atoms with Crippen molar-refractivity contribution in [3.05, 3.63) is 155 Å². The maximum absolute atomic E-state index is 6.46. The van der Waals surface area contributed by atoms with Gasteiger partial charge in [0.05, 0.1) is 6.04 Å². The number of nitrogens with one attached hydrogen (secondary N) is 1. The fourth-order valence-electron chi connectivity index (χ4n) is 4.98. The first-order chi connectivity index (χ1) is 18.3. The Morgan fingerprint density at radius 1 is 0.595 bits per heavy atom. The van der Waals surface area contributed by atoms with Crippen molar-refractivity contribution in [2.45, 2.75) is 25.8 Å². The van der Waals surface area contributed by atoms with Crippen LogP contribution in [-0.4, -0.2) is 0 Å². The average Bonchev–Trinajstić information content (AvgIpc) is 3.40. The molecule has 1 aliphatic rings. The lowest BCUT2D eigenvalue weighted by Gasteiger charge is -2.22. The lowest BCUT2D eigenvalue weighted by atomic mass is 9.90. The van der Waals surface area contributed by atoms with Crippen LogP contribution in [0.3, 0.4) is 0 Å². The molecule has 182 valence electrons. The summed E-state index contributed by atoms with van der Waals surface area (Å²) in [6.07, 6.45) is 0. The van der Waals surface area contributed by atoms with Gasteiger partial charge in [-0.1, -0.05) is 109 Å². The number of benzene rings is 5. The normalized spacial score (nSPS) is 14.2. The van der Waals surface area contributed by atoms with E-state index in [9.17, 15) is 0 Å². The van der Waals surface area contributed by atoms with Gasteiger partial charge in [0.1, 0.15) is 24.7 Å². The van der Waals surface area contributed by atoms with Gasteiger partial charge in [-0.15, -0.1) is 0 Å². The molecule has 3 heteroatoms. The van der Waals surface area contributed by atoms with Gasteiger partial charge in [0.15, 0.2) is 0 Å². The number of hydrogen-bond acceptors (Lipinski definition) is 3. The van der Waals surface area contributed by atoms with E-state index in [0.717, 1.165) is 40.3 Å². The van der Waals surface area contributed by atoms with Crippen LogP contribution in [0.15, 0.2) is 127 Å². The molecule has 0 spiro atoms. The van der Waals surface area contributed by atoms with Gasteiger partial charge in [0.2, 0.25) is 0 Å². The number of ether oxygens (including phenoxy) is 2. The molecule has 3 nitrogen and oxygen atoms in total. The van der Waals surface area contributed by atoms with Gasteiger partial charge in [0, 0.05) is 12.1 Å². The highest BCUT2D eigenvalue weighted by Gasteiger charge is 2.28. The molecule has 37 heavy (non-hydrogen) atoms. The maximum Gasteiger partial charge on any atom is 0.125 e. The summed E-state index contributed by atoms with van der Waals surface area (Å²) in [6, 6.07) is 44.0. The molecule has 0 aromatic heterocycles. The molecule has 1 unspecified atom stereocenters. The second-order valence-electron chi connectivity index (χ2n) is 9.30. The summed E-state index contributed by atoms with van der Waals surface area (Å²) in [5, 5.41) is 3.73. The van der Waals surface area contributed by atoms with Gasteiger partial charge in [-0.3, -0.25) is 0 Å². The van der Waals surface area contributed by atoms with Crippen molar-refractivity contribution in [2.24, 2.45) is 0 Å². The summed E-state index contributed by atoms with van der Waals surface area (Å²) in [5.41, 5.74) is 8.42. The van der Waals surface area contributed by atoms with Gasteiger partial charge in [-0.2, -0.15) is 0 Å². The van der Waals surface area contributed by atoms with Crippen LogP contribution < -0.4 is 14.8 Å². The van der Waals surface area contributed by atoms with Crippen molar-refractivity contribution in [2.75, 3.05) is 0 Å². The summed E-state index contributed by atoms with van der Waals surface area (Å²) in [5.74, 6) is 1.76. The maximum atomic E-state index is 6.46. The third kappa shape index (κ3) is 5.13. The summed E-state index contributed by atoms with van der Waals surface area (Å²) < 4.78 is 12.5. The zero-order chi connectivity index (χ0) is 24.9. The van der Waals surface area contributed by atoms with E-state index in [1.165, 1.54) is 16.7 Å². The minimum atomic E-state index is 0.0622. The Morgan fingerprint density at radius 2 is 1.24 bits per heavy atom. The third-order valence-corrected chi connectivity index (χ3v) is 6.87. The molecule has 0 amide bonds. The van der Waals surface area contributed by atoms with Gasteiger partial charge < -0.3 is 14.8 Å². The Kier molecular flexibility index (Phi) is 6.70. The predicted molar refractivity (Wildman–Crippen MR) is 149 cm³/mol. The molecule has 0 radical (unpaired) electrons. The SMILES string of the molecule is c1ccc(COc2ccc(-c3cccc(OCc4ccccc4)c3C3NCc4ccccc43)cc2)cc1. The lowest BCUT2D eigenvalue weighted by molar-refractivity contribution is 0.301. The van der Waals surface area contributed by atoms with E-state index in [1.54, 1.807) is 0 Å².